The van der Waals surface area contributed by atoms with Crippen molar-refractivity contribution in [1.82, 2.24) is 19.7 Å². The molecule has 102 valence electrons. The van der Waals surface area contributed by atoms with E-state index in [0.29, 0.717) is 0 Å². The summed E-state index contributed by atoms with van der Waals surface area (Å²) in [6, 6.07) is 0.263. The highest BCUT2D eigenvalue weighted by atomic mass is 32.1. The van der Waals surface area contributed by atoms with Crippen molar-refractivity contribution in [1.29, 1.82) is 0 Å². The molecule has 2 aromatic rings. The molecule has 5 nitrogen and oxygen atoms in total. The normalized spacial score (nSPS) is 20.8. The van der Waals surface area contributed by atoms with Gasteiger partial charge in [0.25, 0.3) is 0 Å². The van der Waals surface area contributed by atoms with E-state index in [-0.39, 0.29) is 6.04 Å². The zero-order valence-corrected chi connectivity index (χ0v) is 12.1. The van der Waals surface area contributed by atoms with E-state index in [2.05, 4.69) is 26.6 Å². The lowest BCUT2D eigenvalue weighted by molar-refractivity contribution is -0.0140. The second-order valence-corrected chi connectivity index (χ2v) is 5.94. The molecular weight excluding hydrogens is 260 g/mol. The molecule has 0 aliphatic carbocycles. The quantitative estimate of drug-likeness (QED) is 0.858. The Kier molecular flexibility index (Phi) is 3.63. The lowest BCUT2D eigenvalue weighted by atomic mass is 10.1. The van der Waals surface area contributed by atoms with Crippen LogP contribution in [0.15, 0.2) is 17.8 Å². The van der Waals surface area contributed by atoms with Gasteiger partial charge in [0.1, 0.15) is 0 Å². The van der Waals surface area contributed by atoms with Gasteiger partial charge in [-0.1, -0.05) is 0 Å². The second kappa shape index (κ2) is 5.40. The van der Waals surface area contributed by atoms with Gasteiger partial charge in [0.05, 0.1) is 36.2 Å². The predicted octanol–water partition coefficient (Wildman–Crippen LogP) is 1.76. The molecule has 1 saturated heterocycles. The van der Waals surface area contributed by atoms with Crippen molar-refractivity contribution in [2.75, 3.05) is 19.8 Å². The van der Waals surface area contributed by atoms with E-state index in [4.69, 9.17) is 4.74 Å². The summed E-state index contributed by atoms with van der Waals surface area (Å²) in [6.45, 7) is 5.40. The minimum atomic E-state index is 0.263. The first-order chi connectivity index (χ1) is 9.22. The number of hydrogen-bond acceptors (Lipinski definition) is 5. The lowest BCUT2D eigenvalue weighted by Gasteiger charge is -2.34. The third-order valence-electron chi connectivity index (χ3n) is 3.36. The molecule has 0 spiro atoms. The maximum Gasteiger partial charge on any atom is 0.0898 e. The fourth-order valence-electron chi connectivity index (χ4n) is 2.42. The number of hydrogen-bond donors (Lipinski definition) is 0. The molecule has 0 N–H and O–H groups in total. The summed E-state index contributed by atoms with van der Waals surface area (Å²) < 4.78 is 7.47. The molecule has 3 heterocycles. The van der Waals surface area contributed by atoms with Gasteiger partial charge >= 0.3 is 0 Å². The van der Waals surface area contributed by atoms with Crippen molar-refractivity contribution >= 4 is 11.3 Å². The first-order valence-electron chi connectivity index (χ1n) is 6.44. The Morgan fingerprint density at radius 1 is 1.53 bits per heavy atom. The van der Waals surface area contributed by atoms with E-state index in [0.717, 1.165) is 37.0 Å². The van der Waals surface area contributed by atoms with Crippen LogP contribution >= 0.6 is 11.3 Å². The fraction of sp³-hybridized carbons (Fsp3) is 0.538. The molecule has 3 rings (SSSR count). The number of thiazole rings is 1. The highest BCUT2D eigenvalue weighted by Gasteiger charge is 2.26. The predicted molar refractivity (Wildman–Crippen MR) is 74.0 cm³/mol. The molecule has 2 aromatic heterocycles. The molecule has 1 aliphatic heterocycles. The van der Waals surface area contributed by atoms with Crippen molar-refractivity contribution < 1.29 is 4.74 Å². The molecule has 0 aromatic carbocycles. The van der Waals surface area contributed by atoms with Crippen molar-refractivity contribution in [2.24, 2.45) is 7.05 Å². The Morgan fingerprint density at radius 2 is 2.42 bits per heavy atom. The number of rotatable bonds is 3. The summed E-state index contributed by atoms with van der Waals surface area (Å²) in [4.78, 5) is 7.03. The molecule has 1 atom stereocenters. The van der Waals surface area contributed by atoms with Gasteiger partial charge in [0.2, 0.25) is 0 Å². The number of aryl methyl sites for hydroxylation is 2. The standard InChI is InChI=1S/C13H18N4OS/c1-10-15-12(9-19-10)13-8-18-4-3-17(13)7-11-5-14-16(2)6-11/h5-6,9,13H,3-4,7-8H2,1-2H3/t13-/m0/s1. The first kappa shape index (κ1) is 12.8. The average molecular weight is 278 g/mol. The molecule has 0 radical (unpaired) electrons. The van der Waals surface area contributed by atoms with Gasteiger partial charge in [-0.05, 0) is 6.92 Å². The Morgan fingerprint density at radius 3 is 3.11 bits per heavy atom. The highest BCUT2D eigenvalue weighted by molar-refractivity contribution is 7.09. The Labute approximate surface area is 116 Å². The zero-order valence-electron chi connectivity index (χ0n) is 11.2. The van der Waals surface area contributed by atoms with Crippen LogP contribution < -0.4 is 0 Å². The molecule has 6 heteroatoms. The monoisotopic (exact) mass is 278 g/mol. The van der Waals surface area contributed by atoms with Crippen LogP contribution in [-0.4, -0.2) is 39.4 Å². The Bertz CT molecular complexity index is 550. The summed E-state index contributed by atoms with van der Waals surface area (Å²) in [7, 11) is 1.95. The van der Waals surface area contributed by atoms with Crippen LogP contribution in [0.3, 0.4) is 0 Å². The number of morpholine rings is 1. The van der Waals surface area contributed by atoms with Crippen LogP contribution in [0.25, 0.3) is 0 Å². The number of ether oxygens (including phenoxy) is 1. The largest absolute Gasteiger partial charge is 0.378 e. The van der Waals surface area contributed by atoms with Crippen LogP contribution in [0.1, 0.15) is 22.3 Å². The molecule has 0 saturated carbocycles. The fourth-order valence-corrected chi connectivity index (χ4v) is 3.08. The minimum Gasteiger partial charge on any atom is -0.378 e. The third-order valence-corrected chi connectivity index (χ3v) is 4.15. The number of nitrogens with zero attached hydrogens (tertiary/aromatic N) is 4. The van der Waals surface area contributed by atoms with Crippen molar-refractivity contribution in [3.05, 3.63) is 34.0 Å². The van der Waals surface area contributed by atoms with E-state index in [1.54, 1.807) is 11.3 Å². The van der Waals surface area contributed by atoms with Crippen LogP contribution in [-0.2, 0) is 18.3 Å². The van der Waals surface area contributed by atoms with Gasteiger partial charge < -0.3 is 4.74 Å². The van der Waals surface area contributed by atoms with E-state index < -0.39 is 0 Å². The topological polar surface area (TPSA) is 43.2 Å². The molecule has 0 amide bonds. The van der Waals surface area contributed by atoms with Crippen molar-refractivity contribution in [2.45, 2.75) is 19.5 Å². The summed E-state index contributed by atoms with van der Waals surface area (Å²) in [5.74, 6) is 0. The van der Waals surface area contributed by atoms with Gasteiger partial charge in [-0.2, -0.15) is 5.10 Å². The molecule has 19 heavy (non-hydrogen) atoms. The van der Waals surface area contributed by atoms with Gasteiger partial charge in [0.15, 0.2) is 0 Å². The minimum absolute atomic E-state index is 0.263. The van der Waals surface area contributed by atoms with Crippen LogP contribution in [0.2, 0.25) is 0 Å². The SMILES string of the molecule is Cc1nc([C@@H]2COCCN2Cc2cnn(C)c2)cs1. The van der Waals surface area contributed by atoms with Crippen molar-refractivity contribution in [3.8, 4) is 0 Å². The highest BCUT2D eigenvalue weighted by Crippen LogP contribution is 2.26. The maximum absolute atomic E-state index is 5.62. The van der Waals surface area contributed by atoms with Crippen LogP contribution in [0.4, 0.5) is 0 Å². The molecule has 0 bridgehead atoms. The summed E-state index contributed by atoms with van der Waals surface area (Å²) in [5, 5.41) is 7.49. The van der Waals surface area contributed by atoms with Crippen LogP contribution in [0.5, 0.6) is 0 Å². The van der Waals surface area contributed by atoms with Gasteiger partial charge in [-0.15, -0.1) is 11.3 Å². The smallest absolute Gasteiger partial charge is 0.0898 e. The second-order valence-electron chi connectivity index (χ2n) is 4.87. The van der Waals surface area contributed by atoms with Crippen molar-refractivity contribution in [3.63, 3.8) is 0 Å². The van der Waals surface area contributed by atoms with E-state index >= 15 is 0 Å². The van der Waals surface area contributed by atoms with Crippen LogP contribution in [0, 0.1) is 6.92 Å². The van der Waals surface area contributed by atoms with E-state index in [1.165, 1.54) is 5.56 Å². The summed E-state index contributed by atoms with van der Waals surface area (Å²) in [5.41, 5.74) is 2.37. The first-order valence-corrected chi connectivity index (χ1v) is 7.31. The van der Waals surface area contributed by atoms with E-state index in [9.17, 15) is 0 Å². The average Bonchev–Trinajstić information content (AvgIpc) is 2.99. The summed E-state index contributed by atoms with van der Waals surface area (Å²) in [6.07, 6.45) is 4.00. The summed E-state index contributed by atoms with van der Waals surface area (Å²) >= 11 is 1.70. The van der Waals surface area contributed by atoms with E-state index in [1.807, 2.05) is 24.9 Å². The van der Waals surface area contributed by atoms with Gasteiger partial charge in [0, 0.05) is 37.3 Å². The maximum atomic E-state index is 5.62. The van der Waals surface area contributed by atoms with Gasteiger partial charge in [-0.25, -0.2) is 4.98 Å². The molecular formula is C13H18N4OS. The molecule has 0 unspecified atom stereocenters. The molecule has 1 fully saturated rings. The third kappa shape index (κ3) is 2.86. The zero-order chi connectivity index (χ0) is 13.2. The number of aromatic nitrogens is 3. The Balaban J connectivity index is 1.77. The Hall–Kier alpha value is -1.24. The van der Waals surface area contributed by atoms with Gasteiger partial charge in [-0.3, -0.25) is 9.58 Å². The molecule has 1 aliphatic rings. The lowest BCUT2D eigenvalue weighted by Crippen LogP contribution is -2.39.